The summed E-state index contributed by atoms with van der Waals surface area (Å²) in [6.45, 7) is 0. The first kappa shape index (κ1) is 13.1. The summed E-state index contributed by atoms with van der Waals surface area (Å²) in [7, 11) is 0. The second-order valence-electron chi connectivity index (χ2n) is 3.08. The van der Waals surface area contributed by atoms with Gasteiger partial charge in [0.1, 0.15) is 3.23 Å². The van der Waals surface area contributed by atoms with Crippen molar-refractivity contribution in [3.8, 4) is 0 Å². The van der Waals surface area contributed by atoms with Crippen LogP contribution in [0.3, 0.4) is 0 Å². The number of rotatable bonds is 4. The molecule has 0 radical (unpaired) electrons. The molecule has 86 valence electrons. The van der Waals surface area contributed by atoms with Crippen LogP contribution in [0.15, 0.2) is 24.3 Å². The molecule has 0 aliphatic carbocycles. The fourth-order valence-electron chi connectivity index (χ4n) is 1.14. The highest BCUT2D eigenvalue weighted by molar-refractivity contribution is 9.24. The lowest BCUT2D eigenvalue weighted by Gasteiger charge is -2.18. The first-order chi connectivity index (χ1) is 7.33. The smallest absolute Gasteiger partial charge is 0.306 e. The summed E-state index contributed by atoms with van der Waals surface area (Å²) in [5.41, 5.74) is 0.412. The van der Waals surface area contributed by atoms with Gasteiger partial charge < -0.3 is 5.11 Å². The van der Waals surface area contributed by atoms with Crippen LogP contribution < -0.4 is 0 Å². The Balaban J connectivity index is 3.07. The summed E-state index contributed by atoms with van der Waals surface area (Å²) in [5, 5.41) is 19.3. The first-order valence-electron chi connectivity index (χ1n) is 4.17. The van der Waals surface area contributed by atoms with E-state index in [2.05, 4.69) is 31.9 Å². The molecule has 0 amide bonds. The van der Waals surface area contributed by atoms with Crippen molar-refractivity contribution in [3.05, 3.63) is 39.9 Å². The second-order valence-corrected chi connectivity index (χ2v) is 6.85. The van der Waals surface area contributed by atoms with Crippen LogP contribution in [0, 0.1) is 10.1 Å². The molecule has 0 saturated heterocycles. The molecule has 0 bridgehead atoms. The lowest BCUT2D eigenvalue weighted by Crippen LogP contribution is -2.14. The number of benzene rings is 1. The number of carbonyl (C=O) groups is 1. The summed E-state index contributed by atoms with van der Waals surface area (Å²) in [6.07, 6.45) is -0.228. The number of nitro groups is 1. The number of hydrogen-bond donors (Lipinski definition) is 1. The van der Waals surface area contributed by atoms with Gasteiger partial charge in [0, 0.05) is 12.1 Å². The van der Waals surface area contributed by atoms with Crippen molar-refractivity contribution in [2.75, 3.05) is 0 Å². The van der Waals surface area contributed by atoms with Gasteiger partial charge in [-0.05, 0) is 5.56 Å². The summed E-state index contributed by atoms with van der Waals surface area (Å²) >= 11 is 6.37. The van der Waals surface area contributed by atoms with Crippen LogP contribution >= 0.6 is 31.9 Å². The van der Waals surface area contributed by atoms with Crippen LogP contribution in [0.5, 0.6) is 0 Å². The van der Waals surface area contributed by atoms with E-state index in [1.54, 1.807) is 6.07 Å². The van der Waals surface area contributed by atoms with Gasteiger partial charge in [0.15, 0.2) is 0 Å². The number of alkyl halides is 2. The van der Waals surface area contributed by atoms with E-state index in [0.717, 1.165) is 0 Å². The molecule has 0 fully saturated rings. The Hall–Kier alpha value is -0.950. The van der Waals surface area contributed by atoms with E-state index in [9.17, 15) is 14.9 Å². The Kier molecular flexibility index (Phi) is 4.03. The average molecular weight is 353 g/mol. The first-order valence-corrected chi connectivity index (χ1v) is 5.76. The number of non-ortho nitro benzene ring substituents is 1. The number of hydrogen-bond acceptors (Lipinski definition) is 3. The van der Waals surface area contributed by atoms with E-state index in [0.29, 0.717) is 5.56 Å². The maximum absolute atomic E-state index is 10.6. The molecule has 0 aliphatic rings. The molecule has 0 unspecified atom stereocenters. The van der Waals surface area contributed by atoms with Crippen LogP contribution in [-0.2, 0) is 8.03 Å². The minimum absolute atomic E-state index is 0.0776. The van der Waals surface area contributed by atoms with E-state index in [1.165, 1.54) is 18.2 Å². The highest BCUT2D eigenvalue weighted by atomic mass is 79.9. The molecular formula is C9H7Br2NO4. The van der Waals surface area contributed by atoms with Crippen molar-refractivity contribution < 1.29 is 14.8 Å². The molecule has 7 heteroatoms. The van der Waals surface area contributed by atoms with Gasteiger partial charge in [0.2, 0.25) is 0 Å². The minimum Gasteiger partial charge on any atom is -0.481 e. The monoisotopic (exact) mass is 351 g/mol. The van der Waals surface area contributed by atoms with Crippen LogP contribution in [0.2, 0.25) is 0 Å². The Morgan fingerprint density at radius 1 is 1.50 bits per heavy atom. The number of carboxylic acids is 1. The molecule has 0 atom stereocenters. The molecule has 0 aromatic heterocycles. The largest absolute Gasteiger partial charge is 0.481 e. The van der Waals surface area contributed by atoms with Crippen molar-refractivity contribution in [2.45, 2.75) is 9.65 Å². The topological polar surface area (TPSA) is 80.4 Å². The molecule has 0 saturated carbocycles. The number of aliphatic carboxylic acids is 1. The number of halogens is 2. The lowest BCUT2D eigenvalue weighted by atomic mass is 10.1. The van der Waals surface area contributed by atoms with Crippen molar-refractivity contribution in [2.24, 2.45) is 0 Å². The van der Waals surface area contributed by atoms with Gasteiger partial charge in [0.25, 0.3) is 5.69 Å². The van der Waals surface area contributed by atoms with Crippen LogP contribution in [0.1, 0.15) is 12.0 Å². The molecule has 0 heterocycles. The second kappa shape index (κ2) is 4.92. The standard InChI is InChI=1S/C9H7Br2NO4/c10-9(11,5-8(13)14)6-2-1-3-7(4-6)12(15)16/h1-4H,5H2,(H,13,14). The molecule has 1 N–H and O–H groups in total. The Labute approximate surface area is 108 Å². The molecule has 1 aromatic rings. The number of nitrogens with zero attached hydrogens (tertiary/aromatic N) is 1. The summed E-state index contributed by atoms with van der Waals surface area (Å²) in [4.78, 5) is 20.6. The predicted molar refractivity (Wildman–Crippen MR) is 64.9 cm³/mol. The molecular weight excluding hydrogens is 346 g/mol. The van der Waals surface area contributed by atoms with Crippen molar-refractivity contribution in [3.63, 3.8) is 0 Å². The number of nitro benzene ring substituents is 1. The van der Waals surface area contributed by atoms with Crippen LogP contribution in [-0.4, -0.2) is 16.0 Å². The quantitative estimate of drug-likeness (QED) is 0.513. The Bertz CT molecular complexity index is 433. The highest BCUT2D eigenvalue weighted by Crippen LogP contribution is 2.42. The third-order valence-corrected chi connectivity index (χ3v) is 3.33. The van der Waals surface area contributed by atoms with Crippen molar-refractivity contribution in [1.82, 2.24) is 0 Å². The zero-order valence-electron chi connectivity index (χ0n) is 7.89. The molecule has 1 aromatic carbocycles. The zero-order chi connectivity index (χ0) is 12.3. The molecule has 0 spiro atoms. The predicted octanol–water partition coefficient (Wildman–Crippen LogP) is 3.01. The minimum atomic E-state index is -1.01. The van der Waals surface area contributed by atoms with E-state index >= 15 is 0 Å². The van der Waals surface area contributed by atoms with Gasteiger partial charge in [-0.3, -0.25) is 14.9 Å². The maximum atomic E-state index is 10.6. The van der Waals surface area contributed by atoms with Crippen molar-refractivity contribution in [1.29, 1.82) is 0 Å². The van der Waals surface area contributed by atoms with Crippen LogP contribution in [0.4, 0.5) is 5.69 Å². The van der Waals surface area contributed by atoms with E-state index in [4.69, 9.17) is 5.11 Å². The van der Waals surface area contributed by atoms with Gasteiger partial charge in [0.05, 0.1) is 11.3 Å². The summed E-state index contributed by atoms with van der Waals surface area (Å²) < 4.78 is -0.988. The highest BCUT2D eigenvalue weighted by Gasteiger charge is 2.29. The van der Waals surface area contributed by atoms with Crippen molar-refractivity contribution >= 4 is 43.5 Å². The van der Waals surface area contributed by atoms with Gasteiger partial charge in [-0.15, -0.1) is 0 Å². The van der Waals surface area contributed by atoms with E-state index in [-0.39, 0.29) is 12.1 Å². The fourth-order valence-corrected chi connectivity index (χ4v) is 2.11. The molecule has 5 nitrogen and oxygen atoms in total. The molecule has 16 heavy (non-hydrogen) atoms. The van der Waals surface area contributed by atoms with Gasteiger partial charge in [-0.2, -0.15) is 0 Å². The summed E-state index contributed by atoms with van der Waals surface area (Å²) in [6, 6.07) is 5.79. The lowest BCUT2D eigenvalue weighted by molar-refractivity contribution is -0.384. The molecule has 1 rings (SSSR count). The Morgan fingerprint density at radius 2 is 2.12 bits per heavy atom. The van der Waals surface area contributed by atoms with E-state index in [1.807, 2.05) is 0 Å². The average Bonchev–Trinajstić information content (AvgIpc) is 2.16. The van der Waals surface area contributed by atoms with Gasteiger partial charge in [-0.1, -0.05) is 44.0 Å². The summed E-state index contributed by atoms with van der Waals surface area (Å²) in [5.74, 6) is -1.01. The maximum Gasteiger partial charge on any atom is 0.306 e. The Morgan fingerprint density at radius 3 is 2.62 bits per heavy atom. The number of carboxylic acid groups (broad SMARTS) is 1. The van der Waals surface area contributed by atoms with E-state index < -0.39 is 14.1 Å². The van der Waals surface area contributed by atoms with Crippen LogP contribution in [0.25, 0.3) is 0 Å². The molecule has 0 aliphatic heterocycles. The van der Waals surface area contributed by atoms with Gasteiger partial charge >= 0.3 is 5.97 Å². The fraction of sp³-hybridized carbons (Fsp3) is 0.222. The SMILES string of the molecule is O=C(O)CC(Br)(Br)c1cccc([N+](=O)[O-])c1. The normalized spacial score (nSPS) is 11.1. The third-order valence-electron chi connectivity index (χ3n) is 1.85. The van der Waals surface area contributed by atoms with Gasteiger partial charge in [-0.25, -0.2) is 0 Å². The zero-order valence-corrected chi connectivity index (χ0v) is 11.1. The third kappa shape index (κ3) is 3.28.